The number of thiophene rings is 2. The Morgan fingerprint density at radius 3 is 1.64 bits per heavy atom. The van der Waals surface area contributed by atoms with Crippen molar-refractivity contribution in [2.75, 3.05) is 0 Å². The molecule has 0 saturated carbocycles. The molecule has 0 fully saturated rings. The first-order valence-electron chi connectivity index (χ1n) is 12.8. The normalized spacial score (nSPS) is 13.5. The van der Waals surface area contributed by atoms with Crippen LogP contribution >= 0.6 is 22.7 Å². The van der Waals surface area contributed by atoms with Gasteiger partial charge in [0.1, 0.15) is 0 Å². The van der Waals surface area contributed by atoms with E-state index in [0.29, 0.717) is 0 Å². The zero-order valence-electron chi connectivity index (χ0n) is 21.3. The zero-order chi connectivity index (χ0) is 27.0. The third-order valence-corrected chi connectivity index (χ3v) is 27.1. The molecule has 2 heterocycles. The molecule has 206 valence electrons. The summed E-state index contributed by atoms with van der Waals surface area (Å²) in [5.74, 6) is -8.43. The maximum absolute atomic E-state index is 14.3. The first kappa shape index (κ1) is 31.9. The van der Waals surface area contributed by atoms with Gasteiger partial charge in [-0.15, -0.1) is 0 Å². The van der Waals surface area contributed by atoms with Gasteiger partial charge < -0.3 is 0 Å². The van der Waals surface area contributed by atoms with E-state index in [-0.39, 0.29) is 4.88 Å². The van der Waals surface area contributed by atoms with Crippen molar-refractivity contribution in [3.63, 3.8) is 0 Å². The van der Waals surface area contributed by atoms with Crippen molar-refractivity contribution in [3.8, 4) is 9.75 Å². The molecule has 2 aromatic heterocycles. The molecular formula is C26H37F7S2Sn. The fourth-order valence-corrected chi connectivity index (χ4v) is 26.0. The summed E-state index contributed by atoms with van der Waals surface area (Å²) in [5, 5.41) is 0. The van der Waals surface area contributed by atoms with Crippen LogP contribution in [-0.4, -0.2) is 36.4 Å². The number of alkyl halides is 7. The van der Waals surface area contributed by atoms with E-state index in [1.54, 1.807) is 17.4 Å². The van der Waals surface area contributed by atoms with Crippen molar-refractivity contribution in [3.05, 3.63) is 29.1 Å². The van der Waals surface area contributed by atoms with E-state index in [1.165, 1.54) is 60.8 Å². The number of rotatable bonds is 16. The monoisotopic (exact) mass is 666 g/mol. The Morgan fingerprint density at radius 1 is 0.639 bits per heavy atom. The molecule has 0 unspecified atom stereocenters. The summed E-state index contributed by atoms with van der Waals surface area (Å²) in [7, 11) is 0. The summed E-state index contributed by atoms with van der Waals surface area (Å²) < 4.78 is 98.1. The maximum atomic E-state index is 14.3. The molecular weight excluding hydrogens is 628 g/mol. The van der Waals surface area contributed by atoms with Crippen LogP contribution in [0.4, 0.5) is 30.7 Å². The van der Waals surface area contributed by atoms with E-state index in [1.807, 2.05) is 0 Å². The molecule has 0 N–H and O–H groups in total. The molecule has 0 aliphatic rings. The molecule has 0 amide bonds. The SMILES string of the molecule is CCC[CH2][Sn]([CH2]CCC)([CH2]CCC)[c]1ccc(-c2ccc(CC(F)(F)CC(F)(F)CC(F)(F)F)s2)s1. The predicted octanol–water partition coefficient (Wildman–Crippen LogP) is 10.7. The number of hydrogen-bond acceptors (Lipinski definition) is 2. The van der Waals surface area contributed by atoms with Crippen LogP contribution in [0.15, 0.2) is 24.3 Å². The zero-order valence-corrected chi connectivity index (χ0v) is 25.7. The Morgan fingerprint density at radius 2 is 1.14 bits per heavy atom. The molecule has 0 aliphatic carbocycles. The second-order valence-electron chi connectivity index (χ2n) is 9.88. The van der Waals surface area contributed by atoms with Gasteiger partial charge in [0.2, 0.25) is 0 Å². The summed E-state index contributed by atoms with van der Waals surface area (Å²) in [6, 6.07) is 7.50. The summed E-state index contributed by atoms with van der Waals surface area (Å²) in [5.41, 5.74) is 0. The Hall–Kier alpha value is -0.291. The first-order valence-corrected chi connectivity index (χ1v) is 21.9. The average Bonchev–Trinajstić information content (AvgIpc) is 3.40. The molecule has 0 nitrogen and oxygen atoms in total. The minimum absolute atomic E-state index is 0.200. The third-order valence-electron chi connectivity index (χ3n) is 6.47. The molecule has 0 aromatic carbocycles. The molecule has 0 radical (unpaired) electrons. The van der Waals surface area contributed by atoms with Crippen LogP contribution in [0, 0.1) is 0 Å². The Labute approximate surface area is 222 Å². The first-order chi connectivity index (χ1) is 16.7. The van der Waals surface area contributed by atoms with E-state index in [9.17, 15) is 30.7 Å². The Balaban J connectivity index is 2.21. The van der Waals surface area contributed by atoms with Crippen molar-refractivity contribution in [1.82, 2.24) is 0 Å². The fraction of sp³-hybridized carbons (Fsp3) is 0.692. The minimum atomic E-state index is -5.20. The second-order valence-corrected chi connectivity index (χ2v) is 26.3. The quantitative estimate of drug-likeness (QED) is 0.124. The molecule has 2 aromatic rings. The summed E-state index contributed by atoms with van der Waals surface area (Å²) in [6.07, 6.45) is -3.65. The molecule has 0 aliphatic heterocycles. The van der Waals surface area contributed by atoms with Crippen LogP contribution in [-0.2, 0) is 6.42 Å². The van der Waals surface area contributed by atoms with Crippen LogP contribution in [0.1, 0.15) is 77.0 Å². The van der Waals surface area contributed by atoms with Crippen LogP contribution in [0.2, 0.25) is 13.3 Å². The molecule has 10 heteroatoms. The topological polar surface area (TPSA) is 0 Å². The van der Waals surface area contributed by atoms with Gasteiger partial charge in [-0.25, -0.2) is 0 Å². The Kier molecular flexibility index (Phi) is 12.1. The van der Waals surface area contributed by atoms with Crippen LogP contribution in [0.5, 0.6) is 0 Å². The summed E-state index contributed by atoms with van der Waals surface area (Å²) in [4.78, 5) is 2.00. The van der Waals surface area contributed by atoms with Gasteiger partial charge in [-0.1, -0.05) is 0 Å². The van der Waals surface area contributed by atoms with Crippen molar-refractivity contribution in [2.24, 2.45) is 0 Å². The van der Waals surface area contributed by atoms with Gasteiger partial charge >= 0.3 is 210 Å². The van der Waals surface area contributed by atoms with Gasteiger partial charge in [-0.3, -0.25) is 0 Å². The molecule has 0 spiro atoms. The molecule has 36 heavy (non-hydrogen) atoms. The van der Waals surface area contributed by atoms with Crippen molar-refractivity contribution < 1.29 is 30.7 Å². The predicted molar refractivity (Wildman–Crippen MR) is 141 cm³/mol. The van der Waals surface area contributed by atoms with Crippen LogP contribution < -0.4 is 2.89 Å². The molecule has 2 rings (SSSR count). The Bertz CT molecular complexity index is 896. The van der Waals surface area contributed by atoms with E-state index < -0.39 is 55.7 Å². The van der Waals surface area contributed by atoms with E-state index in [0.717, 1.165) is 21.1 Å². The van der Waals surface area contributed by atoms with Crippen molar-refractivity contribution in [1.29, 1.82) is 0 Å². The second kappa shape index (κ2) is 13.7. The number of unbranched alkanes of at least 4 members (excludes halogenated alkanes) is 3. The van der Waals surface area contributed by atoms with Gasteiger partial charge in [0, 0.05) is 0 Å². The number of hydrogen-bond donors (Lipinski definition) is 0. The van der Waals surface area contributed by atoms with Crippen molar-refractivity contribution >= 4 is 43.9 Å². The standard InChI is InChI=1S/C14H10F7S2.3C4H9.Sn/c15-12(16,7-13(17,18)8-14(19,20)21)6-9-3-4-11(23-9)10-2-1-5-22-10;3*1-3-4-2;/h1-4H,6-8H2;3*1,3-4H2,2H3;. The average molecular weight is 665 g/mol. The fourth-order valence-electron chi connectivity index (χ4n) is 4.70. The van der Waals surface area contributed by atoms with E-state index in [4.69, 9.17) is 0 Å². The van der Waals surface area contributed by atoms with Gasteiger partial charge in [-0.05, 0) is 0 Å². The van der Waals surface area contributed by atoms with E-state index in [2.05, 4.69) is 32.9 Å². The molecule has 0 saturated heterocycles. The summed E-state index contributed by atoms with van der Waals surface area (Å²) >= 11 is 0.263. The summed E-state index contributed by atoms with van der Waals surface area (Å²) in [6.45, 7) is 6.66. The van der Waals surface area contributed by atoms with Gasteiger partial charge in [-0.2, -0.15) is 13.2 Å². The number of halogens is 7. The third kappa shape index (κ3) is 10.1. The van der Waals surface area contributed by atoms with Crippen LogP contribution in [0.3, 0.4) is 0 Å². The van der Waals surface area contributed by atoms with Crippen molar-refractivity contribution in [2.45, 2.75) is 110 Å². The van der Waals surface area contributed by atoms with Gasteiger partial charge in [0.05, 0.1) is 0 Å². The van der Waals surface area contributed by atoms with Gasteiger partial charge in [0.15, 0.2) is 0 Å². The molecule has 0 atom stereocenters. The van der Waals surface area contributed by atoms with Crippen LogP contribution in [0.25, 0.3) is 9.75 Å². The molecule has 0 bridgehead atoms. The van der Waals surface area contributed by atoms with Gasteiger partial charge in [0.25, 0.3) is 0 Å². The van der Waals surface area contributed by atoms with E-state index >= 15 is 0 Å².